The van der Waals surface area contributed by atoms with Gasteiger partial charge in [-0.15, -0.1) is 0 Å². The second kappa shape index (κ2) is 5.27. The summed E-state index contributed by atoms with van der Waals surface area (Å²) >= 11 is 0. The average Bonchev–Trinajstić information content (AvgIpc) is 3.10. The third-order valence-corrected chi connectivity index (χ3v) is 3.20. The quantitative estimate of drug-likeness (QED) is 0.462. The molecular formula is C13H19N3O2. The minimum absolute atomic E-state index is 0.0804. The first-order valence-corrected chi connectivity index (χ1v) is 6.20. The summed E-state index contributed by atoms with van der Waals surface area (Å²) < 4.78 is 0. The first-order valence-electron chi connectivity index (χ1n) is 6.20. The number of hydrogen-bond donors (Lipinski definition) is 4. The monoisotopic (exact) mass is 249 g/mol. The van der Waals surface area contributed by atoms with E-state index in [9.17, 15) is 4.79 Å². The number of para-hydroxylation sites is 1. The van der Waals surface area contributed by atoms with Gasteiger partial charge in [-0.05, 0) is 25.3 Å². The first-order chi connectivity index (χ1) is 8.68. The maximum Gasteiger partial charge on any atom is 0.315 e. The number of anilines is 1. The van der Waals surface area contributed by atoms with Crippen molar-refractivity contribution in [3.05, 3.63) is 29.8 Å². The number of carbonyl (C=O) groups is 1. The molecule has 0 spiro atoms. The number of hydrogen-bond acceptors (Lipinski definition) is 3. The Bertz CT molecular complexity index is 430. The predicted molar refractivity (Wildman–Crippen MR) is 70.0 cm³/mol. The van der Waals surface area contributed by atoms with E-state index in [1.807, 2.05) is 24.3 Å². The Balaban J connectivity index is 1.96. The van der Waals surface area contributed by atoms with Gasteiger partial charge >= 0.3 is 6.03 Å². The molecule has 5 N–H and O–H groups in total. The van der Waals surface area contributed by atoms with Gasteiger partial charge in [0.2, 0.25) is 0 Å². The zero-order chi connectivity index (χ0) is 13.0. The van der Waals surface area contributed by atoms with Crippen molar-refractivity contribution in [3.8, 4) is 0 Å². The van der Waals surface area contributed by atoms with Crippen LogP contribution in [0, 0.1) is 0 Å². The standard InChI is InChI=1S/C13H19N3O2/c14-11-5-2-1-4-10(11)13(6-7-13)16-12(18)15-8-3-9-17/h1-2,4-5,17H,3,6-9,14H2,(H2,15,16,18). The topological polar surface area (TPSA) is 87.4 Å². The Kier molecular flexibility index (Phi) is 3.72. The molecule has 0 bridgehead atoms. The molecule has 2 rings (SSSR count). The molecule has 0 unspecified atom stereocenters. The third-order valence-electron chi connectivity index (χ3n) is 3.20. The molecule has 0 heterocycles. The van der Waals surface area contributed by atoms with E-state index in [4.69, 9.17) is 10.8 Å². The van der Waals surface area contributed by atoms with Gasteiger partial charge in [0, 0.05) is 24.4 Å². The summed E-state index contributed by atoms with van der Waals surface area (Å²) in [6, 6.07) is 7.41. The van der Waals surface area contributed by atoms with Crippen LogP contribution in [0.1, 0.15) is 24.8 Å². The molecule has 1 saturated carbocycles. The van der Waals surface area contributed by atoms with Crippen LogP contribution in [-0.2, 0) is 5.54 Å². The van der Waals surface area contributed by atoms with Gasteiger partial charge in [0.05, 0.1) is 5.54 Å². The van der Waals surface area contributed by atoms with Crippen molar-refractivity contribution in [2.24, 2.45) is 0 Å². The van der Waals surface area contributed by atoms with Gasteiger partial charge in [-0.2, -0.15) is 0 Å². The summed E-state index contributed by atoms with van der Waals surface area (Å²) in [6.07, 6.45) is 2.39. The zero-order valence-corrected chi connectivity index (χ0v) is 10.3. The van der Waals surface area contributed by atoms with Crippen molar-refractivity contribution >= 4 is 11.7 Å². The highest BCUT2D eigenvalue weighted by molar-refractivity contribution is 5.76. The number of rotatable bonds is 5. The van der Waals surface area contributed by atoms with Gasteiger partial charge in [-0.3, -0.25) is 0 Å². The Morgan fingerprint density at radius 1 is 1.39 bits per heavy atom. The lowest BCUT2D eigenvalue weighted by atomic mass is 10.0. The van der Waals surface area contributed by atoms with E-state index >= 15 is 0 Å². The molecule has 0 atom stereocenters. The van der Waals surface area contributed by atoms with E-state index in [-0.39, 0.29) is 18.2 Å². The van der Waals surface area contributed by atoms with Gasteiger partial charge < -0.3 is 21.5 Å². The Morgan fingerprint density at radius 2 is 2.11 bits per heavy atom. The molecule has 18 heavy (non-hydrogen) atoms. The first kappa shape index (κ1) is 12.7. The fourth-order valence-electron chi connectivity index (χ4n) is 2.06. The summed E-state index contributed by atoms with van der Waals surface area (Å²) in [5.41, 5.74) is 7.34. The summed E-state index contributed by atoms with van der Waals surface area (Å²) in [5, 5.41) is 14.3. The Hall–Kier alpha value is -1.75. The SMILES string of the molecule is Nc1ccccc1C1(NC(=O)NCCCO)CC1. The highest BCUT2D eigenvalue weighted by Crippen LogP contribution is 2.47. The molecule has 1 aliphatic carbocycles. The van der Waals surface area contributed by atoms with Crippen LogP contribution in [-0.4, -0.2) is 24.3 Å². The fraction of sp³-hybridized carbons (Fsp3) is 0.462. The van der Waals surface area contributed by atoms with Crippen LogP contribution < -0.4 is 16.4 Å². The molecule has 98 valence electrons. The maximum atomic E-state index is 11.7. The normalized spacial score (nSPS) is 16.1. The van der Waals surface area contributed by atoms with E-state index in [1.165, 1.54) is 0 Å². The molecule has 0 radical (unpaired) electrons. The Labute approximate surface area is 106 Å². The highest BCUT2D eigenvalue weighted by Gasteiger charge is 2.46. The van der Waals surface area contributed by atoms with E-state index in [0.717, 1.165) is 18.4 Å². The second-order valence-electron chi connectivity index (χ2n) is 4.63. The van der Waals surface area contributed by atoms with E-state index < -0.39 is 0 Å². The summed E-state index contributed by atoms with van der Waals surface area (Å²) in [6.45, 7) is 0.555. The van der Waals surface area contributed by atoms with Crippen molar-refractivity contribution in [2.45, 2.75) is 24.8 Å². The van der Waals surface area contributed by atoms with Crippen LogP contribution in [0.5, 0.6) is 0 Å². The number of benzene rings is 1. The summed E-state index contributed by atoms with van der Waals surface area (Å²) in [5.74, 6) is 0. The molecule has 0 saturated heterocycles. The zero-order valence-electron chi connectivity index (χ0n) is 10.3. The van der Waals surface area contributed by atoms with Crippen molar-refractivity contribution in [3.63, 3.8) is 0 Å². The lowest BCUT2D eigenvalue weighted by molar-refractivity contribution is 0.233. The largest absolute Gasteiger partial charge is 0.398 e. The third kappa shape index (κ3) is 2.73. The lowest BCUT2D eigenvalue weighted by Crippen LogP contribution is -2.42. The number of aliphatic hydroxyl groups is 1. The van der Waals surface area contributed by atoms with E-state index in [2.05, 4.69) is 10.6 Å². The lowest BCUT2D eigenvalue weighted by Gasteiger charge is -2.20. The number of urea groups is 1. The number of nitrogen functional groups attached to an aromatic ring is 1. The maximum absolute atomic E-state index is 11.7. The van der Waals surface area contributed by atoms with Crippen molar-refractivity contribution in [1.82, 2.24) is 10.6 Å². The minimum Gasteiger partial charge on any atom is -0.398 e. The van der Waals surface area contributed by atoms with Gasteiger partial charge in [-0.1, -0.05) is 18.2 Å². The molecule has 0 aliphatic heterocycles. The molecule has 2 amide bonds. The van der Waals surface area contributed by atoms with Crippen LogP contribution in [0.3, 0.4) is 0 Å². The molecule has 5 heteroatoms. The van der Waals surface area contributed by atoms with Crippen molar-refractivity contribution in [2.75, 3.05) is 18.9 Å². The van der Waals surface area contributed by atoms with E-state index in [0.29, 0.717) is 18.7 Å². The summed E-state index contributed by atoms with van der Waals surface area (Å²) in [4.78, 5) is 11.7. The minimum atomic E-state index is -0.297. The van der Waals surface area contributed by atoms with Crippen LogP contribution in [0.15, 0.2) is 24.3 Å². The number of amides is 2. The molecule has 0 aromatic heterocycles. The molecule has 1 aromatic carbocycles. The van der Waals surface area contributed by atoms with E-state index in [1.54, 1.807) is 0 Å². The fourth-order valence-corrected chi connectivity index (χ4v) is 2.06. The molecule has 5 nitrogen and oxygen atoms in total. The predicted octanol–water partition coefficient (Wildman–Crippen LogP) is 0.940. The van der Waals surface area contributed by atoms with Crippen molar-refractivity contribution in [1.29, 1.82) is 0 Å². The number of nitrogens with two attached hydrogens (primary N) is 1. The molecular weight excluding hydrogens is 230 g/mol. The second-order valence-corrected chi connectivity index (χ2v) is 4.63. The van der Waals surface area contributed by atoms with Gasteiger partial charge in [0.15, 0.2) is 0 Å². The number of nitrogens with one attached hydrogen (secondary N) is 2. The highest BCUT2D eigenvalue weighted by atomic mass is 16.3. The number of aliphatic hydroxyl groups excluding tert-OH is 1. The van der Waals surface area contributed by atoms with Crippen molar-refractivity contribution < 1.29 is 9.90 Å². The smallest absolute Gasteiger partial charge is 0.315 e. The average molecular weight is 249 g/mol. The number of carbonyl (C=O) groups excluding carboxylic acids is 1. The Morgan fingerprint density at radius 3 is 2.72 bits per heavy atom. The van der Waals surface area contributed by atoms with Crippen LogP contribution in [0.2, 0.25) is 0 Å². The summed E-state index contributed by atoms with van der Waals surface area (Å²) in [7, 11) is 0. The van der Waals surface area contributed by atoms with Gasteiger partial charge in [0.1, 0.15) is 0 Å². The van der Waals surface area contributed by atoms with Gasteiger partial charge in [-0.25, -0.2) is 4.79 Å². The van der Waals surface area contributed by atoms with Crippen LogP contribution in [0.4, 0.5) is 10.5 Å². The van der Waals surface area contributed by atoms with Gasteiger partial charge in [0.25, 0.3) is 0 Å². The molecule has 1 aromatic rings. The van der Waals surface area contributed by atoms with Crippen LogP contribution >= 0.6 is 0 Å². The van der Waals surface area contributed by atoms with Crippen LogP contribution in [0.25, 0.3) is 0 Å². The molecule has 1 fully saturated rings. The molecule has 1 aliphatic rings.